The number of hydrogen-bond donors (Lipinski definition) is 1. The molecule has 0 spiro atoms. The lowest BCUT2D eigenvalue weighted by molar-refractivity contribution is 0.0681. The molecule has 0 bridgehead atoms. The van der Waals surface area contributed by atoms with Crippen molar-refractivity contribution in [3.05, 3.63) is 34.3 Å². The van der Waals surface area contributed by atoms with Gasteiger partial charge in [-0.25, -0.2) is 0 Å². The molecule has 1 heterocycles. The topological polar surface area (TPSA) is 40.5 Å². The smallest absolute Gasteiger partial charge is 0.255 e. The lowest BCUT2D eigenvalue weighted by atomic mass is 10.1. The van der Waals surface area contributed by atoms with E-state index in [9.17, 15) is 9.90 Å². The van der Waals surface area contributed by atoms with E-state index in [1.165, 1.54) is 0 Å². The number of carbonyl (C=O) groups is 1. The van der Waals surface area contributed by atoms with Crippen LogP contribution in [-0.4, -0.2) is 34.6 Å². The van der Waals surface area contributed by atoms with E-state index in [1.54, 1.807) is 6.92 Å². The number of hydrogen-bond acceptors (Lipinski definition) is 2. The van der Waals surface area contributed by atoms with Gasteiger partial charge in [-0.1, -0.05) is 12.1 Å². The van der Waals surface area contributed by atoms with Gasteiger partial charge in [-0.2, -0.15) is 0 Å². The van der Waals surface area contributed by atoms with Gasteiger partial charge in [-0.05, 0) is 54.2 Å². The van der Waals surface area contributed by atoms with Crippen LogP contribution in [0.15, 0.2) is 28.7 Å². The van der Waals surface area contributed by atoms with Crippen molar-refractivity contribution in [2.24, 2.45) is 0 Å². The molecule has 3 nitrogen and oxygen atoms in total. The summed E-state index contributed by atoms with van der Waals surface area (Å²) in [5.74, 6) is 0.0608. The molecular formula is C14H18BrNO2. The van der Waals surface area contributed by atoms with Gasteiger partial charge in [0.05, 0.1) is 11.7 Å². The number of nitrogens with zero attached hydrogens (tertiary/aromatic N) is 1. The van der Waals surface area contributed by atoms with Gasteiger partial charge >= 0.3 is 0 Å². The minimum Gasteiger partial charge on any atom is -0.393 e. The molecule has 2 rings (SSSR count). The van der Waals surface area contributed by atoms with Gasteiger partial charge in [0.2, 0.25) is 0 Å². The molecule has 1 N–H and O–H groups in total. The minimum atomic E-state index is -0.359. The van der Waals surface area contributed by atoms with Crippen LogP contribution in [0.2, 0.25) is 0 Å². The molecule has 1 aromatic rings. The third-order valence-electron chi connectivity index (χ3n) is 3.36. The summed E-state index contributed by atoms with van der Waals surface area (Å²) in [6.07, 6.45) is 2.31. The number of rotatable bonds is 3. The first-order valence-corrected chi connectivity index (χ1v) is 7.12. The highest BCUT2D eigenvalue weighted by Crippen LogP contribution is 2.26. The fraction of sp³-hybridized carbons (Fsp3) is 0.500. The fourth-order valence-electron chi connectivity index (χ4n) is 2.53. The Balaban J connectivity index is 2.15. The standard InChI is InChI=1S/C14H18BrNO2/c1-10(17)9-11-5-4-8-16(11)14(18)12-6-2-3-7-13(12)15/h2-3,6-7,10-11,17H,4-5,8-9H2,1H3. The summed E-state index contributed by atoms with van der Waals surface area (Å²) >= 11 is 3.42. The number of likely N-dealkylation sites (tertiary alicyclic amines) is 1. The van der Waals surface area contributed by atoms with E-state index in [-0.39, 0.29) is 18.1 Å². The number of aliphatic hydroxyl groups excluding tert-OH is 1. The summed E-state index contributed by atoms with van der Waals surface area (Å²) in [6.45, 7) is 2.57. The van der Waals surface area contributed by atoms with E-state index in [1.807, 2.05) is 29.2 Å². The third kappa shape index (κ3) is 2.93. The zero-order valence-electron chi connectivity index (χ0n) is 10.5. The normalized spacial score (nSPS) is 21.1. The predicted molar refractivity (Wildman–Crippen MR) is 74.5 cm³/mol. The number of halogens is 1. The van der Waals surface area contributed by atoms with Crippen LogP contribution < -0.4 is 0 Å². The molecule has 1 fully saturated rings. The molecule has 0 aliphatic carbocycles. The first kappa shape index (κ1) is 13.6. The highest BCUT2D eigenvalue weighted by atomic mass is 79.9. The molecule has 1 aliphatic heterocycles. The van der Waals surface area contributed by atoms with E-state index in [0.717, 1.165) is 23.9 Å². The Morgan fingerprint density at radius 3 is 2.94 bits per heavy atom. The van der Waals surface area contributed by atoms with E-state index in [4.69, 9.17) is 0 Å². The van der Waals surface area contributed by atoms with Crippen molar-refractivity contribution in [1.29, 1.82) is 0 Å². The van der Waals surface area contributed by atoms with Gasteiger partial charge in [0.1, 0.15) is 0 Å². The summed E-state index contributed by atoms with van der Waals surface area (Å²) in [7, 11) is 0. The average molecular weight is 312 g/mol. The second-order valence-electron chi connectivity index (χ2n) is 4.86. The van der Waals surface area contributed by atoms with Crippen molar-refractivity contribution in [2.75, 3.05) is 6.54 Å². The quantitative estimate of drug-likeness (QED) is 0.932. The van der Waals surface area contributed by atoms with Gasteiger partial charge in [-0.15, -0.1) is 0 Å². The van der Waals surface area contributed by atoms with Crippen molar-refractivity contribution in [3.8, 4) is 0 Å². The zero-order valence-corrected chi connectivity index (χ0v) is 12.1. The molecule has 1 saturated heterocycles. The van der Waals surface area contributed by atoms with E-state index in [0.29, 0.717) is 12.0 Å². The summed E-state index contributed by atoms with van der Waals surface area (Å²) < 4.78 is 0.831. The predicted octanol–water partition coefficient (Wildman–Crippen LogP) is 2.82. The molecule has 1 aliphatic rings. The Bertz CT molecular complexity index is 434. The van der Waals surface area contributed by atoms with Crippen LogP contribution in [-0.2, 0) is 0 Å². The molecule has 0 radical (unpaired) electrons. The maximum Gasteiger partial charge on any atom is 0.255 e. The van der Waals surface area contributed by atoms with Gasteiger partial charge in [-0.3, -0.25) is 4.79 Å². The lowest BCUT2D eigenvalue weighted by Gasteiger charge is -2.26. The van der Waals surface area contributed by atoms with Gasteiger partial charge < -0.3 is 10.0 Å². The summed E-state index contributed by atoms with van der Waals surface area (Å²) in [6, 6.07) is 7.66. The monoisotopic (exact) mass is 311 g/mol. The van der Waals surface area contributed by atoms with E-state index < -0.39 is 0 Å². The summed E-state index contributed by atoms with van der Waals surface area (Å²) in [5.41, 5.74) is 0.704. The Morgan fingerprint density at radius 2 is 2.28 bits per heavy atom. The summed E-state index contributed by atoms with van der Waals surface area (Å²) in [5, 5.41) is 9.49. The minimum absolute atomic E-state index is 0.0608. The lowest BCUT2D eigenvalue weighted by Crippen LogP contribution is -2.37. The number of aliphatic hydroxyl groups is 1. The number of amides is 1. The van der Waals surface area contributed by atoms with Crippen molar-refractivity contribution >= 4 is 21.8 Å². The van der Waals surface area contributed by atoms with Crippen LogP contribution in [0.5, 0.6) is 0 Å². The molecule has 98 valence electrons. The SMILES string of the molecule is CC(O)CC1CCCN1C(=O)c1ccccc1Br. The van der Waals surface area contributed by atoms with E-state index >= 15 is 0 Å². The second-order valence-corrected chi connectivity index (χ2v) is 5.71. The van der Waals surface area contributed by atoms with Crippen LogP contribution in [0, 0.1) is 0 Å². The molecule has 1 amide bonds. The van der Waals surface area contributed by atoms with Crippen LogP contribution in [0.25, 0.3) is 0 Å². The van der Waals surface area contributed by atoms with Crippen molar-refractivity contribution in [2.45, 2.75) is 38.3 Å². The fourth-order valence-corrected chi connectivity index (χ4v) is 2.99. The molecule has 2 unspecified atom stereocenters. The summed E-state index contributed by atoms with van der Waals surface area (Å²) in [4.78, 5) is 14.4. The van der Waals surface area contributed by atoms with Crippen molar-refractivity contribution in [3.63, 3.8) is 0 Å². The average Bonchev–Trinajstić information content (AvgIpc) is 2.76. The molecule has 18 heavy (non-hydrogen) atoms. The first-order valence-electron chi connectivity index (χ1n) is 6.33. The Kier molecular flexibility index (Phi) is 4.40. The molecule has 4 heteroatoms. The molecule has 1 aromatic carbocycles. The second kappa shape index (κ2) is 5.85. The highest BCUT2D eigenvalue weighted by molar-refractivity contribution is 9.10. The molecule has 0 saturated carbocycles. The highest BCUT2D eigenvalue weighted by Gasteiger charge is 2.30. The van der Waals surface area contributed by atoms with Crippen molar-refractivity contribution in [1.82, 2.24) is 4.90 Å². The molecular weight excluding hydrogens is 294 g/mol. The third-order valence-corrected chi connectivity index (χ3v) is 4.05. The largest absolute Gasteiger partial charge is 0.393 e. The van der Waals surface area contributed by atoms with Crippen molar-refractivity contribution < 1.29 is 9.90 Å². The Labute approximate surface area is 116 Å². The maximum atomic E-state index is 12.5. The van der Waals surface area contributed by atoms with Gasteiger partial charge in [0, 0.05) is 17.1 Å². The van der Waals surface area contributed by atoms with Gasteiger partial charge in [0.25, 0.3) is 5.91 Å². The number of carbonyl (C=O) groups excluding carboxylic acids is 1. The van der Waals surface area contributed by atoms with Crippen LogP contribution in [0.3, 0.4) is 0 Å². The van der Waals surface area contributed by atoms with E-state index in [2.05, 4.69) is 15.9 Å². The Morgan fingerprint density at radius 1 is 1.56 bits per heavy atom. The molecule has 0 aromatic heterocycles. The Hall–Kier alpha value is -0.870. The zero-order chi connectivity index (χ0) is 13.1. The number of benzene rings is 1. The van der Waals surface area contributed by atoms with Crippen LogP contribution in [0.4, 0.5) is 0 Å². The van der Waals surface area contributed by atoms with Crippen LogP contribution in [0.1, 0.15) is 36.5 Å². The first-order chi connectivity index (χ1) is 8.59. The van der Waals surface area contributed by atoms with Gasteiger partial charge in [0.15, 0.2) is 0 Å². The maximum absolute atomic E-state index is 12.5. The molecule has 2 atom stereocenters. The van der Waals surface area contributed by atoms with Crippen LogP contribution >= 0.6 is 15.9 Å².